The maximum Gasteiger partial charge on any atom is 0.416 e. The topological polar surface area (TPSA) is 23.5 Å². The molecule has 1 aromatic rings. The van der Waals surface area contributed by atoms with Gasteiger partial charge in [0.1, 0.15) is 0 Å². The maximum absolute atomic E-state index is 12.6. The number of alkyl halides is 3. The Kier molecular flexibility index (Phi) is 3.25. The lowest BCUT2D eigenvalue weighted by molar-refractivity contribution is -0.137. The summed E-state index contributed by atoms with van der Waals surface area (Å²) in [6, 6.07) is 1.90. The van der Waals surface area contributed by atoms with Crippen molar-refractivity contribution in [2.75, 3.05) is 18.0 Å². The van der Waals surface area contributed by atoms with Gasteiger partial charge in [-0.15, -0.1) is 0 Å². The van der Waals surface area contributed by atoms with E-state index in [2.05, 4.69) is 15.9 Å². The molecule has 2 nitrogen and oxygen atoms in total. The molecule has 0 saturated carbocycles. The molecule has 94 valence electrons. The summed E-state index contributed by atoms with van der Waals surface area (Å²) < 4.78 is 38.0. The highest BCUT2D eigenvalue weighted by molar-refractivity contribution is 9.10. The molecule has 1 aliphatic heterocycles. The average molecular weight is 310 g/mol. The Morgan fingerprint density at radius 2 is 1.76 bits per heavy atom. The van der Waals surface area contributed by atoms with Gasteiger partial charge in [0.25, 0.3) is 0 Å². The highest BCUT2D eigenvalue weighted by Gasteiger charge is 2.33. The van der Waals surface area contributed by atoms with Gasteiger partial charge in [0, 0.05) is 13.1 Å². The Hall–Kier alpha value is -0.910. The molecule has 0 spiro atoms. The molecule has 0 aromatic heterocycles. The molecule has 2 rings (SSSR count). The van der Waals surface area contributed by atoms with Crippen molar-refractivity contribution >= 4 is 21.6 Å². The van der Waals surface area contributed by atoms with E-state index in [1.54, 1.807) is 4.90 Å². The molecule has 0 atom stereocenters. The van der Waals surface area contributed by atoms with Crippen molar-refractivity contribution in [3.05, 3.63) is 22.2 Å². The van der Waals surface area contributed by atoms with Crippen LogP contribution in [-0.4, -0.2) is 18.2 Å². The molecule has 1 aromatic carbocycles. The van der Waals surface area contributed by atoms with Gasteiger partial charge in [-0.3, -0.25) is 0 Å². The van der Waals surface area contributed by atoms with Crippen LogP contribution in [0, 0.1) is 0 Å². The summed E-state index contributed by atoms with van der Waals surface area (Å²) in [5.41, 5.74) is -0.492. The van der Waals surface area contributed by atoms with E-state index < -0.39 is 11.7 Å². The molecular formula is C11H11BrF3NO. The summed E-state index contributed by atoms with van der Waals surface area (Å²) >= 11 is 2.96. The van der Waals surface area contributed by atoms with Gasteiger partial charge in [-0.2, -0.15) is 13.2 Å². The van der Waals surface area contributed by atoms with E-state index in [4.69, 9.17) is 0 Å². The largest absolute Gasteiger partial charge is 0.505 e. The van der Waals surface area contributed by atoms with Gasteiger partial charge in [0.2, 0.25) is 0 Å². The van der Waals surface area contributed by atoms with Crippen molar-refractivity contribution in [3.8, 4) is 5.75 Å². The van der Waals surface area contributed by atoms with Gasteiger partial charge >= 0.3 is 6.18 Å². The van der Waals surface area contributed by atoms with Crippen LogP contribution in [0.4, 0.5) is 18.9 Å². The van der Waals surface area contributed by atoms with Gasteiger partial charge in [0.15, 0.2) is 5.75 Å². The lowest BCUT2D eigenvalue weighted by Gasteiger charge is -2.21. The molecule has 1 aliphatic rings. The number of halogens is 4. The zero-order chi connectivity index (χ0) is 12.6. The molecule has 0 amide bonds. The summed E-state index contributed by atoms with van der Waals surface area (Å²) in [6.45, 7) is 1.36. The molecule has 0 aliphatic carbocycles. The molecule has 6 heteroatoms. The Morgan fingerprint density at radius 1 is 1.18 bits per heavy atom. The number of phenols is 1. The van der Waals surface area contributed by atoms with Gasteiger partial charge in [-0.05, 0) is 40.9 Å². The van der Waals surface area contributed by atoms with E-state index in [1.165, 1.54) is 0 Å². The number of rotatable bonds is 1. The van der Waals surface area contributed by atoms with E-state index in [1.807, 2.05) is 0 Å². The second-order valence-electron chi connectivity index (χ2n) is 4.02. The van der Waals surface area contributed by atoms with Crippen LogP contribution in [0.1, 0.15) is 18.4 Å². The van der Waals surface area contributed by atoms with Crippen molar-refractivity contribution in [3.63, 3.8) is 0 Å². The molecule has 0 unspecified atom stereocenters. The lowest BCUT2D eigenvalue weighted by atomic mass is 10.1. The lowest BCUT2D eigenvalue weighted by Crippen LogP contribution is -2.19. The highest BCUT2D eigenvalue weighted by atomic mass is 79.9. The maximum atomic E-state index is 12.6. The van der Waals surface area contributed by atoms with Crippen LogP contribution in [0.15, 0.2) is 16.6 Å². The monoisotopic (exact) mass is 309 g/mol. The van der Waals surface area contributed by atoms with Gasteiger partial charge < -0.3 is 10.0 Å². The standard InChI is InChI=1S/C11H11BrF3NO/c12-8-5-7(11(13,14)15)6-9(10(8)17)16-3-1-2-4-16/h5-6,17H,1-4H2. The molecular weight excluding hydrogens is 299 g/mol. The van der Waals surface area contributed by atoms with Crippen molar-refractivity contribution < 1.29 is 18.3 Å². The molecule has 1 fully saturated rings. The molecule has 1 heterocycles. The predicted octanol–water partition coefficient (Wildman–Crippen LogP) is 3.77. The fourth-order valence-electron chi connectivity index (χ4n) is 1.95. The van der Waals surface area contributed by atoms with Gasteiger partial charge in [-0.25, -0.2) is 0 Å². The van der Waals surface area contributed by atoms with Crippen LogP contribution in [0.2, 0.25) is 0 Å². The van der Waals surface area contributed by atoms with Crippen LogP contribution in [0.5, 0.6) is 5.75 Å². The van der Waals surface area contributed by atoms with Crippen LogP contribution in [0.3, 0.4) is 0 Å². The van der Waals surface area contributed by atoms with E-state index in [0.717, 1.165) is 25.0 Å². The number of phenolic OH excluding ortho intramolecular Hbond substituents is 1. The Labute approximate surface area is 105 Å². The number of aromatic hydroxyl groups is 1. The van der Waals surface area contributed by atoms with Gasteiger partial charge in [-0.1, -0.05) is 0 Å². The number of benzene rings is 1. The van der Waals surface area contributed by atoms with E-state index >= 15 is 0 Å². The van der Waals surface area contributed by atoms with Crippen LogP contribution >= 0.6 is 15.9 Å². The molecule has 17 heavy (non-hydrogen) atoms. The number of nitrogens with zero attached hydrogens (tertiary/aromatic N) is 1. The zero-order valence-corrected chi connectivity index (χ0v) is 10.5. The minimum absolute atomic E-state index is 0.0780. The Bertz CT molecular complexity index is 427. The number of anilines is 1. The minimum Gasteiger partial charge on any atom is -0.505 e. The zero-order valence-electron chi connectivity index (χ0n) is 8.89. The van der Waals surface area contributed by atoms with Crippen molar-refractivity contribution in [1.29, 1.82) is 0 Å². The second-order valence-corrected chi connectivity index (χ2v) is 4.87. The first kappa shape index (κ1) is 12.5. The van der Waals surface area contributed by atoms with Gasteiger partial charge in [0.05, 0.1) is 15.7 Å². The van der Waals surface area contributed by atoms with E-state index in [0.29, 0.717) is 13.1 Å². The average Bonchev–Trinajstić information content (AvgIpc) is 2.73. The third-order valence-electron chi connectivity index (χ3n) is 2.82. The van der Waals surface area contributed by atoms with E-state index in [-0.39, 0.29) is 15.9 Å². The summed E-state index contributed by atoms with van der Waals surface area (Å²) in [5, 5.41) is 9.79. The highest BCUT2D eigenvalue weighted by Crippen LogP contribution is 2.41. The molecule has 1 N–H and O–H groups in total. The predicted molar refractivity (Wildman–Crippen MR) is 62.3 cm³/mol. The first-order valence-electron chi connectivity index (χ1n) is 5.24. The molecule has 0 bridgehead atoms. The van der Waals surface area contributed by atoms with Crippen molar-refractivity contribution in [1.82, 2.24) is 0 Å². The van der Waals surface area contributed by atoms with Crippen LogP contribution in [0.25, 0.3) is 0 Å². The quantitative estimate of drug-likeness (QED) is 0.853. The molecule has 0 radical (unpaired) electrons. The minimum atomic E-state index is -4.40. The summed E-state index contributed by atoms with van der Waals surface area (Å²) in [7, 11) is 0. The fourth-order valence-corrected chi connectivity index (χ4v) is 2.40. The van der Waals surface area contributed by atoms with Crippen molar-refractivity contribution in [2.45, 2.75) is 19.0 Å². The first-order valence-corrected chi connectivity index (χ1v) is 6.03. The molecule has 1 saturated heterocycles. The van der Waals surface area contributed by atoms with Crippen molar-refractivity contribution in [2.24, 2.45) is 0 Å². The normalized spacial score (nSPS) is 16.6. The SMILES string of the molecule is Oc1c(Br)cc(C(F)(F)F)cc1N1CCCC1. The third-order valence-corrected chi connectivity index (χ3v) is 3.42. The summed E-state index contributed by atoms with van der Waals surface area (Å²) in [5.74, 6) is -0.125. The Balaban J connectivity index is 2.46. The fraction of sp³-hybridized carbons (Fsp3) is 0.455. The third kappa shape index (κ3) is 2.51. The summed E-state index contributed by atoms with van der Waals surface area (Å²) in [6.07, 6.45) is -2.52. The van der Waals surface area contributed by atoms with Crippen LogP contribution < -0.4 is 4.90 Å². The number of hydrogen-bond acceptors (Lipinski definition) is 2. The van der Waals surface area contributed by atoms with E-state index in [9.17, 15) is 18.3 Å². The van der Waals surface area contributed by atoms with Crippen LogP contribution in [-0.2, 0) is 6.18 Å². The second kappa shape index (κ2) is 4.40. The Morgan fingerprint density at radius 3 is 2.29 bits per heavy atom. The number of hydrogen-bond donors (Lipinski definition) is 1. The summed E-state index contributed by atoms with van der Waals surface area (Å²) in [4.78, 5) is 1.77. The first-order chi connectivity index (χ1) is 7.89. The smallest absolute Gasteiger partial charge is 0.416 e.